The van der Waals surface area contributed by atoms with Crippen molar-refractivity contribution in [3.63, 3.8) is 0 Å². The van der Waals surface area contributed by atoms with E-state index in [2.05, 4.69) is 12.2 Å². The van der Waals surface area contributed by atoms with Crippen molar-refractivity contribution < 1.29 is 9.66 Å². The Balaban J connectivity index is 2.04. The van der Waals surface area contributed by atoms with E-state index in [-0.39, 0.29) is 10.6 Å². The van der Waals surface area contributed by atoms with Crippen LogP contribution in [0.2, 0.25) is 0 Å². The number of nitro benzene ring substituents is 1. The van der Waals surface area contributed by atoms with Crippen LogP contribution in [0.15, 0.2) is 18.2 Å². The largest absolute Gasteiger partial charge is 0.496 e. The molecular formula is C15H22N2O3S. The monoisotopic (exact) mass is 310 g/mol. The normalized spacial score (nSPS) is 21.4. The molecule has 0 heterocycles. The first-order valence-corrected chi connectivity index (χ1v) is 8.37. The molecule has 116 valence electrons. The molecule has 1 aliphatic rings. The predicted molar refractivity (Wildman–Crippen MR) is 86.0 cm³/mol. The first kappa shape index (κ1) is 16.1. The molecule has 0 aromatic heterocycles. The number of hydrogen-bond donors (Lipinski definition) is 1. The van der Waals surface area contributed by atoms with Gasteiger partial charge < -0.3 is 10.1 Å². The first-order chi connectivity index (χ1) is 10.2. The molecule has 0 amide bonds. The highest BCUT2D eigenvalue weighted by molar-refractivity contribution is 7.99. The Bertz CT molecular complexity index is 496. The highest BCUT2D eigenvalue weighted by atomic mass is 32.2. The number of benzene rings is 1. The molecule has 1 N–H and O–H groups in total. The summed E-state index contributed by atoms with van der Waals surface area (Å²) in [6.45, 7) is 2.79. The van der Waals surface area contributed by atoms with Gasteiger partial charge in [-0.25, -0.2) is 0 Å². The van der Waals surface area contributed by atoms with Gasteiger partial charge in [-0.1, -0.05) is 13.3 Å². The summed E-state index contributed by atoms with van der Waals surface area (Å²) >= 11 is 2.00. The lowest BCUT2D eigenvalue weighted by molar-refractivity contribution is -0.384. The third-order valence-corrected chi connectivity index (χ3v) is 5.19. The zero-order valence-electron chi connectivity index (χ0n) is 12.5. The molecule has 0 bridgehead atoms. The van der Waals surface area contributed by atoms with Crippen molar-refractivity contribution in [1.29, 1.82) is 0 Å². The molecule has 2 rings (SSSR count). The van der Waals surface area contributed by atoms with Crippen molar-refractivity contribution in [1.82, 2.24) is 5.32 Å². The summed E-state index contributed by atoms with van der Waals surface area (Å²) in [7, 11) is 1.59. The van der Waals surface area contributed by atoms with E-state index >= 15 is 0 Å². The van der Waals surface area contributed by atoms with Crippen molar-refractivity contribution in [3.8, 4) is 5.75 Å². The summed E-state index contributed by atoms with van der Waals surface area (Å²) in [5, 5.41) is 15.1. The third-order valence-electron chi connectivity index (χ3n) is 3.86. The fourth-order valence-electron chi connectivity index (χ4n) is 2.83. The summed E-state index contributed by atoms with van der Waals surface area (Å²) in [5.41, 5.74) is 0.956. The number of hydrogen-bond acceptors (Lipinski definition) is 5. The second kappa shape index (κ2) is 7.66. The highest BCUT2D eigenvalue weighted by Crippen LogP contribution is 2.31. The zero-order valence-corrected chi connectivity index (χ0v) is 13.3. The van der Waals surface area contributed by atoms with Crippen LogP contribution in [0.3, 0.4) is 0 Å². The predicted octanol–water partition coefficient (Wildman–Crippen LogP) is 3.37. The first-order valence-electron chi connectivity index (χ1n) is 7.32. The maximum Gasteiger partial charge on any atom is 0.270 e. The standard InChI is InChI=1S/C15H22N2O3S/c1-3-21-15-6-4-5-13(15)16-10-11-9-12(17(18)19)7-8-14(11)20-2/h7-9,13,15-16H,3-6,10H2,1-2H3. The lowest BCUT2D eigenvalue weighted by Gasteiger charge is -2.20. The number of non-ortho nitro benzene ring substituents is 1. The Morgan fingerprint density at radius 2 is 2.29 bits per heavy atom. The van der Waals surface area contributed by atoms with E-state index in [1.165, 1.54) is 25.3 Å². The van der Waals surface area contributed by atoms with Crippen molar-refractivity contribution in [3.05, 3.63) is 33.9 Å². The van der Waals surface area contributed by atoms with E-state index < -0.39 is 0 Å². The summed E-state index contributed by atoms with van der Waals surface area (Å²) in [6.07, 6.45) is 3.68. The molecule has 1 aromatic rings. The second-order valence-electron chi connectivity index (χ2n) is 5.17. The third kappa shape index (κ3) is 4.11. The molecule has 21 heavy (non-hydrogen) atoms. The van der Waals surface area contributed by atoms with Gasteiger partial charge in [0.25, 0.3) is 5.69 Å². The smallest absolute Gasteiger partial charge is 0.270 e. The van der Waals surface area contributed by atoms with Crippen LogP contribution in [0, 0.1) is 10.1 Å². The van der Waals surface area contributed by atoms with Crippen molar-refractivity contribution in [2.75, 3.05) is 12.9 Å². The fraction of sp³-hybridized carbons (Fsp3) is 0.600. The maximum absolute atomic E-state index is 10.9. The van der Waals surface area contributed by atoms with Crippen LogP contribution in [-0.4, -0.2) is 29.1 Å². The van der Waals surface area contributed by atoms with E-state index in [9.17, 15) is 10.1 Å². The number of nitrogens with zero attached hydrogens (tertiary/aromatic N) is 1. The Morgan fingerprint density at radius 3 is 2.95 bits per heavy atom. The minimum Gasteiger partial charge on any atom is -0.496 e. The van der Waals surface area contributed by atoms with Crippen LogP contribution >= 0.6 is 11.8 Å². The quantitative estimate of drug-likeness (QED) is 0.618. The molecule has 6 heteroatoms. The molecule has 0 saturated heterocycles. The van der Waals surface area contributed by atoms with Crippen LogP contribution in [-0.2, 0) is 6.54 Å². The van der Waals surface area contributed by atoms with Gasteiger partial charge in [0.05, 0.1) is 12.0 Å². The van der Waals surface area contributed by atoms with E-state index in [0.717, 1.165) is 11.3 Å². The number of methoxy groups -OCH3 is 1. The van der Waals surface area contributed by atoms with Gasteiger partial charge in [0.15, 0.2) is 0 Å². The molecule has 1 saturated carbocycles. The van der Waals surface area contributed by atoms with Crippen molar-refractivity contribution >= 4 is 17.4 Å². The molecular weight excluding hydrogens is 288 g/mol. The molecule has 1 aliphatic carbocycles. The highest BCUT2D eigenvalue weighted by Gasteiger charge is 2.26. The van der Waals surface area contributed by atoms with Gasteiger partial charge in [-0.15, -0.1) is 0 Å². The number of rotatable bonds is 7. The Hall–Kier alpha value is -1.27. The molecule has 1 fully saturated rings. The SMILES string of the molecule is CCSC1CCCC1NCc1cc([N+](=O)[O-])ccc1OC. The van der Waals surface area contributed by atoms with Crippen LogP contribution in [0.5, 0.6) is 5.75 Å². The fourth-order valence-corrected chi connectivity index (χ4v) is 4.06. The molecule has 2 atom stereocenters. The lowest BCUT2D eigenvalue weighted by atomic mass is 10.1. The van der Waals surface area contributed by atoms with Gasteiger partial charge in [-0.2, -0.15) is 11.8 Å². The van der Waals surface area contributed by atoms with Gasteiger partial charge >= 0.3 is 0 Å². The topological polar surface area (TPSA) is 64.4 Å². The molecule has 0 spiro atoms. The molecule has 2 unspecified atom stereocenters. The van der Waals surface area contributed by atoms with Crippen molar-refractivity contribution in [2.24, 2.45) is 0 Å². The zero-order chi connectivity index (χ0) is 15.2. The van der Waals surface area contributed by atoms with Gasteiger partial charge in [0.2, 0.25) is 0 Å². The minimum absolute atomic E-state index is 0.110. The molecule has 0 radical (unpaired) electrons. The lowest BCUT2D eigenvalue weighted by Crippen LogP contribution is -2.33. The maximum atomic E-state index is 10.9. The van der Waals surface area contributed by atoms with Gasteiger partial charge in [-0.3, -0.25) is 10.1 Å². The van der Waals surface area contributed by atoms with Crippen LogP contribution in [0.25, 0.3) is 0 Å². The number of thioether (sulfide) groups is 1. The van der Waals surface area contributed by atoms with Gasteiger partial charge in [-0.05, 0) is 24.7 Å². The average molecular weight is 310 g/mol. The van der Waals surface area contributed by atoms with Crippen molar-refractivity contribution in [2.45, 2.75) is 44.0 Å². The molecule has 0 aliphatic heterocycles. The Morgan fingerprint density at radius 1 is 1.48 bits per heavy atom. The average Bonchev–Trinajstić information content (AvgIpc) is 2.92. The summed E-state index contributed by atoms with van der Waals surface area (Å²) in [4.78, 5) is 10.5. The van der Waals surface area contributed by atoms with Crippen LogP contribution in [0.4, 0.5) is 5.69 Å². The molecule has 1 aromatic carbocycles. The number of ether oxygens (including phenoxy) is 1. The second-order valence-corrected chi connectivity index (χ2v) is 6.68. The number of nitrogens with one attached hydrogen (secondary N) is 1. The van der Waals surface area contributed by atoms with E-state index in [4.69, 9.17) is 4.74 Å². The van der Waals surface area contributed by atoms with Crippen LogP contribution in [0.1, 0.15) is 31.7 Å². The Labute approximate surface area is 129 Å². The van der Waals surface area contributed by atoms with Crippen LogP contribution < -0.4 is 10.1 Å². The van der Waals surface area contributed by atoms with Gasteiger partial charge in [0.1, 0.15) is 5.75 Å². The van der Waals surface area contributed by atoms with Gasteiger partial charge in [0, 0.05) is 35.5 Å². The summed E-state index contributed by atoms with van der Waals surface area (Å²) in [5.74, 6) is 1.83. The number of nitro groups is 1. The van der Waals surface area contributed by atoms with E-state index in [1.807, 2.05) is 11.8 Å². The van der Waals surface area contributed by atoms with E-state index in [1.54, 1.807) is 19.2 Å². The summed E-state index contributed by atoms with van der Waals surface area (Å²) in [6, 6.07) is 5.23. The molecule has 5 nitrogen and oxygen atoms in total. The minimum atomic E-state index is -0.367. The van der Waals surface area contributed by atoms with E-state index in [0.29, 0.717) is 23.6 Å². The summed E-state index contributed by atoms with van der Waals surface area (Å²) < 4.78 is 5.30. The Kier molecular flexibility index (Phi) is 5.87.